The molecule has 2 aliphatic rings. The lowest BCUT2D eigenvalue weighted by Crippen LogP contribution is -2.21. The minimum absolute atomic E-state index is 0.725. The molecule has 2 fully saturated rings. The summed E-state index contributed by atoms with van der Waals surface area (Å²) >= 11 is 0. The number of benzene rings is 2. The number of hydrogen-bond acceptors (Lipinski definition) is 2. The molecular weight excluding hydrogens is 258 g/mol. The summed E-state index contributed by atoms with van der Waals surface area (Å²) in [6.45, 7) is 1.81. The van der Waals surface area contributed by atoms with Gasteiger partial charge in [0.15, 0.2) is 0 Å². The largest absolute Gasteiger partial charge is 0.493 e. The van der Waals surface area contributed by atoms with Crippen LogP contribution in [-0.2, 0) is 6.54 Å². The maximum atomic E-state index is 6.16. The van der Waals surface area contributed by atoms with Gasteiger partial charge in [-0.1, -0.05) is 36.8 Å². The van der Waals surface area contributed by atoms with Gasteiger partial charge in [-0.2, -0.15) is 0 Å². The number of hydrogen-bond donors (Lipinski definition) is 1. The Bertz CT molecular complexity index is 628. The van der Waals surface area contributed by atoms with Gasteiger partial charge in [0.2, 0.25) is 0 Å². The predicted molar refractivity (Wildman–Crippen MR) is 86.6 cm³/mol. The number of fused-ring (bicyclic) bond motifs is 1. The molecule has 0 saturated heterocycles. The van der Waals surface area contributed by atoms with Crippen molar-refractivity contribution in [2.24, 2.45) is 5.92 Å². The van der Waals surface area contributed by atoms with Crippen molar-refractivity contribution in [3.63, 3.8) is 0 Å². The molecule has 0 heterocycles. The fourth-order valence-corrected chi connectivity index (χ4v) is 3.03. The molecule has 2 saturated carbocycles. The molecule has 0 atom stereocenters. The molecule has 0 spiro atoms. The van der Waals surface area contributed by atoms with Gasteiger partial charge in [-0.25, -0.2) is 0 Å². The average molecular weight is 281 g/mol. The Kier molecular flexibility index (Phi) is 3.56. The summed E-state index contributed by atoms with van der Waals surface area (Å²) in [4.78, 5) is 0. The molecule has 2 aromatic rings. The zero-order valence-electron chi connectivity index (χ0n) is 12.5. The molecule has 2 heteroatoms. The fraction of sp³-hybridized carbons (Fsp3) is 0.474. The Balaban J connectivity index is 1.60. The Morgan fingerprint density at radius 3 is 2.62 bits per heavy atom. The normalized spacial score (nSPS) is 18.7. The predicted octanol–water partition coefficient (Wildman–Crippen LogP) is 4.27. The van der Waals surface area contributed by atoms with Gasteiger partial charge in [-0.15, -0.1) is 0 Å². The van der Waals surface area contributed by atoms with E-state index in [-0.39, 0.29) is 0 Å². The van der Waals surface area contributed by atoms with Crippen molar-refractivity contribution in [2.45, 2.75) is 44.7 Å². The van der Waals surface area contributed by atoms with Crippen LogP contribution < -0.4 is 10.1 Å². The van der Waals surface area contributed by atoms with Gasteiger partial charge in [-0.05, 0) is 48.4 Å². The topological polar surface area (TPSA) is 21.3 Å². The highest BCUT2D eigenvalue weighted by atomic mass is 16.5. The monoisotopic (exact) mass is 281 g/mol. The Hall–Kier alpha value is -1.54. The minimum atomic E-state index is 0.725. The lowest BCUT2D eigenvalue weighted by Gasteiger charge is -2.26. The van der Waals surface area contributed by atoms with Crippen molar-refractivity contribution in [3.8, 4) is 5.75 Å². The first-order chi connectivity index (χ1) is 10.4. The molecule has 2 aromatic carbocycles. The zero-order chi connectivity index (χ0) is 14.1. The van der Waals surface area contributed by atoms with E-state index in [9.17, 15) is 0 Å². The molecule has 0 aliphatic heterocycles. The van der Waals surface area contributed by atoms with Gasteiger partial charge in [0, 0.05) is 18.2 Å². The number of ether oxygens (including phenoxy) is 1. The van der Waals surface area contributed by atoms with Crippen LogP contribution in [0.1, 0.15) is 37.7 Å². The highest BCUT2D eigenvalue weighted by Gasteiger charge is 2.22. The fourth-order valence-electron chi connectivity index (χ4n) is 3.03. The summed E-state index contributed by atoms with van der Waals surface area (Å²) < 4.78 is 6.16. The van der Waals surface area contributed by atoms with E-state index in [2.05, 4.69) is 41.7 Å². The SMILES string of the molecule is c1ccc2c(CNC3CC3)c(OCC3CCC3)ccc2c1. The molecule has 0 aromatic heterocycles. The van der Waals surface area contributed by atoms with Crippen LogP contribution in [0.15, 0.2) is 36.4 Å². The van der Waals surface area contributed by atoms with E-state index in [1.807, 2.05) is 0 Å². The first kappa shape index (κ1) is 13.1. The van der Waals surface area contributed by atoms with Crippen molar-refractivity contribution >= 4 is 10.8 Å². The van der Waals surface area contributed by atoms with E-state index >= 15 is 0 Å². The molecule has 0 bridgehead atoms. The van der Waals surface area contributed by atoms with Gasteiger partial charge < -0.3 is 10.1 Å². The van der Waals surface area contributed by atoms with Gasteiger partial charge in [-0.3, -0.25) is 0 Å². The van der Waals surface area contributed by atoms with Crippen molar-refractivity contribution in [2.75, 3.05) is 6.61 Å². The van der Waals surface area contributed by atoms with Gasteiger partial charge in [0.1, 0.15) is 5.75 Å². The van der Waals surface area contributed by atoms with Crippen LogP contribution in [0.4, 0.5) is 0 Å². The highest BCUT2D eigenvalue weighted by molar-refractivity contribution is 5.87. The summed E-state index contributed by atoms with van der Waals surface area (Å²) in [5.41, 5.74) is 1.33. The third kappa shape index (κ3) is 2.91. The molecule has 1 N–H and O–H groups in total. The molecule has 110 valence electrons. The second-order valence-electron chi connectivity index (χ2n) is 6.53. The van der Waals surface area contributed by atoms with Crippen LogP contribution in [-0.4, -0.2) is 12.6 Å². The smallest absolute Gasteiger partial charge is 0.124 e. The summed E-state index contributed by atoms with van der Waals surface area (Å²) in [5, 5.41) is 6.28. The van der Waals surface area contributed by atoms with Crippen LogP contribution in [0.3, 0.4) is 0 Å². The molecular formula is C19H23NO. The van der Waals surface area contributed by atoms with Crippen molar-refractivity contribution in [3.05, 3.63) is 42.0 Å². The van der Waals surface area contributed by atoms with E-state index < -0.39 is 0 Å². The van der Waals surface area contributed by atoms with Crippen molar-refractivity contribution in [1.29, 1.82) is 0 Å². The lowest BCUT2D eigenvalue weighted by atomic mass is 9.86. The Labute approximate surface area is 126 Å². The van der Waals surface area contributed by atoms with E-state index in [1.165, 1.54) is 48.4 Å². The highest BCUT2D eigenvalue weighted by Crippen LogP contribution is 2.32. The molecule has 0 amide bonds. The first-order valence-electron chi connectivity index (χ1n) is 8.27. The maximum absolute atomic E-state index is 6.16. The number of rotatable bonds is 6. The summed E-state index contributed by atoms with van der Waals surface area (Å²) in [5.74, 6) is 1.86. The van der Waals surface area contributed by atoms with Gasteiger partial charge in [0.05, 0.1) is 6.61 Å². The second-order valence-corrected chi connectivity index (χ2v) is 6.53. The van der Waals surface area contributed by atoms with Crippen molar-refractivity contribution < 1.29 is 4.74 Å². The summed E-state index contributed by atoms with van der Waals surface area (Å²) in [6.07, 6.45) is 6.69. The van der Waals surface area contributed by atoms with Crippen LogP contribution in [0.5, 0.6) is 5.75 Å². The molecule has 2 aliphatic carbocycles. The number of nitrogens with one attached hydrogen (secondary N) is 1. The summed E-state index contributed by atoms with van der Waals surface area (Å²) in [7, 11) is 0. The van der Waals surface area contributed by atoms with Gasteiger partial charge in [0.25, 0.3) is 0 Å². The zero-order valence-corrected chi connectivity index (χ0v) is 12.5. The molecule has 4 rings (SSSR count). The molecule has 0 radical (unpaired) electrons. The molecule has 0 unspecified atom stereocenters. The Morgan fingerprint density at radius 2 is 1.86 bits per heavy atom. The van der Waals surface area contributed by atoms with Crippen LogP contribution in [0.2, 0.25) is 0 Å². The summed E-state index contributed by atoms with van der Waals surface area (Å²) in [6, 6.07) is 13.7. The molecule has 21 heavy (non-hydrogen) atoms. The van der Waals surface area contributed by atoms with E-state index in [0.29, 0.717) is 0 Å². The van der Waals surface area contributed by atoms with Gasteiger partial charge >= 0.3 is 0 Å². The third-order valence-electron chi connectivity index (χ3n) is 4.84. The average Bonchev–Trinajstić information content (AvgIpc) is 3.28. The lowest BCUT2D eigenvalue weighted by molar-refractivity contribution is 0.179. The maximum Gasteiger partial charge on any atom is 0.124 e. The van der Waals surface area contributed by atoms with E-state index in [0.717, 1.165) is 30.9 Å². The van der Waals surface area contributed by atoms with Crippen molar-refractivity contribution in [1.82, 2.24) is 5.32 Å². The van der Waals surface area contributed by atoms with Crippen LogP contribution >= 0.6 is 0 Å². The third-order valence-corrected chi connectivity index (χ3v) is 4.84. The standard InChI is InChI=1S/C19H23NO/c1-2-7-17-15(6-1)8-11-19(21-13-14-4-3-5-14)18(17)12-20-16-9-10-16/h1-2,6-8,11,14,16,20H,3-5,9-10,12-13H2. The molecule has 2 nitrogen and oxygen atoms in total. The van der Waals surface area contributed by atoms with Crippen LogP contribution in [0, 0.1) is 5.92 Å². The quantitative estimate of drug-likeness (QED) is 0.853. The van der Waals surface area contributed by atoms with Crippen LogP contribution in [0.25, 0.3) is 10.8 Å². The first-order valence-corrected chi connectivity index (χ1v) is 8.27. The van der Waals surface area contributed by atoms with E-state index in [1.54, 1.807) is 0 Å². The Morgan fingerprint density at radius 1 is 1.00 bits per heavy atom. The minimum Gasteiger partial charge on any atom is -0.493 e. The van der Waals surface area contributed by atoms with E-state index in [4.69, 9.17) is 4.74 Å². The second kappa shape index (κ2) is 5.69.